The lowest BCUT2D eigenvalue weighted by Gasteiger charge is -2.39. The van der Waals surface area contributed by atoms with Crippen LogP contribution in [0.1, 0.15) is 30.0 Å². The first-order valence-corrected chi connectivity index (χ1v) is 10.5. The zero-order valence-electron chi connectivity index (χ0n) is 16.8. The molecule has 2 amide bonds. The molecule has 29 heavy (non-hydrogen) atoms. The van der Waals surface area contributed by atoms with Crippen LogP contribution < -0.4 is 5.32 Å². The zero-order valence-corrected chi connectivity index (χ0v) is 16.8. The molecular formula is C24H29N3O2. The topological polar surface area (TPSA) is 44.8 Å². The van der Waals surface area contributed by atoms with Crippen molar-refractivity contribution in [2.75, 3.05) is 39.4 Å². The van der Waals surface area contributed by atoms with Crippen LogP contribution in [0.5, 0.6) is 0 Å². The number of hydrogen-bond acceptors (Lipinski definition) is 3. The van der Waals surface area contributed by atoms with Crippen LogP contribution in [0.2, 0.25) is 0 Å². The SMILES string of the molecule is O=C(NC=C1CCOCC1)N1CCN(C(c2ccccc2)c2ccccc2)CC1. The first-order chi connectivity index (χ1) is 14.3. The molecule has 0 unspecified atom stereocenters. The van der Waals surface area contributed by atoms with Gasteiger partial charge in [-0.15, -0.1) is 0 Å². The fourth-order valence-corrected chi connectivity index (χ4v) is 4.10. The summed E-state index contributed by atoms with van der Waals surface area (Å²) in [6.07, 6.45) is 3.70. The number of hydrogen-bond donors (Lipinski definition) is 1. The lowest BCUT2D eigenvalue weighted by atomic mass is 9.96. The van der Waals surface area contributed by atoms with Crippen molar-refractivity contribution in [3.8, 4) is 0 Å². The van der Waals surface area contributed by atoms with Gasteiger partial charge in [-0.25, -0.2) is 4.79 Å². The van der Waals surface area contributed by atoms with Gasteiger partial charge in [0.1, 0.15) is 0 Å². The summed E-state index contributed by atoms with van der Waals surface area (Å²) in [5.74, 6) is 0. The Balaban J connectivity index is 1.39. The second-order valence-corrected chi connectivity index (χ2v) is 7.61. The minimum atomic E-state index is -0.000357. The monoisotopic (exact) mass is 391 g/mol. The van der Waals surface area contributed by atoms with Gasteiger partial charge in [0.05, 0.1) is 19.3 Å². The Morgan fingerprint density at radius 2 is 1.41 bits per heavy atom. The highest BCUT2D eigenvalue weighted by atomic mass is 16.5. The molecule has 0 spiro atoms. The summed E-state index contributed by atoms with van der Waals surface area (Å²) in [7, 11) is 0. The molecule has 0 atom stereocenters. The molecule has 2 aliphatic rings. The predicted octanol–water partition coefficient (Wildman–Crippen LogP) is 3.80. The molecule has 0 aliphatic carbocycles. The number of benzene rings is 2. The van der Waals surface area contributed by atoms with Gasteiger partial charge in [-0.3, -0.25) is 4.90 Å². The van der Waals surface area contributed by atoms with Gasteiger partial charge in [0, 0.05) is 32.4 Å². The van der Waals surface area contributed by atoms with Gasteiger partial charge >= 0.3 is 6.03 Å². The molecule has 0 saturated carbocycles. The second-order valence-electron chi connectivity index (χ2n) is 7.61. The number of nitrogens with one attached hydrogen (secondary N) is 1. The first-order valence-electron chi connectivity index (χ1n) is 10.5. The smallest absolute Gasteiger partial charge is 0.321 e. The van der Waals surface area contributed by atoms with Gasteiger partial charge in [0.15, 0.2) is 0 Å². The molecule has 0 aromatic heterocycles. The van der Waals surface area contributed by atoms with Crippen LogP contribution in [0, 0.1) is 0 Å². The predicted molar refractivity (Wildman–Crippen MR) is 115 cm³/mol. The van der Waals surface area contributed by atoms with Crippen LogP contribution in [0.4, 0.5) is 4.79 Å². The maximum absolute atomic E-state index is 12.6. The third-order valence-electron chi connectivity index (χ3n) is 5.73. The fourth-order valence-electron chi connectivity index (χ4n) is 4.10. The number of piperazine rings is 1. The minimum absolute atomic E-state index is 0.000357. The molecule has 2 aliphatic heterocycles. The molecule has 5 heteroatoms. The van der Waals surface area contributed by atoms with Crippen LogP contribution >= 0.6 is 0 Å². The van der Waals surface area contributed by atoms with E-state index in [1.165, 1.54) is 16.7 Å². The molecular weight excluding hydrogens is 362 g/mol. The van der Waals surface area contributed by atoms with Gasteiger partial charge < -0.3 is 15.0 Å². The van der Waals surface area contributed by atoms with Gasteiger partial charge in [-0.05, 0) is 29.5 Å². The molecule has 152 valence electrons. The molecule has 0 radical (unpaired) electrons. The van der Waals surface area contributed by atoms with E-state index in [1.807, 2.05) is 11.1 Å². The number of nitrogens with zero attached hydrogens (tertiary/aromatic N) is 2. The van der Waals surface area contributed by atoms with Gasteiger partial charge in [-0.2, -0.15) is 0 Å². The summed E-state index contributed by atoms with van der Waals surface area (Å²) in [6.45, 7) is 4.67. The molecule has 5 nitrogen and oxygen atoms in total. The Labute approximate surface area is 173 Å². The Morgan fingerprint density at radius 3 is 1.97 bits per heavy atom. The third kappa shape index (κ3) is 5.05. The van der Waals surface area contributed by atoms with E-state index in [9.17, 15) is 4.79 Å². The average molecular weight is 392 g/mol. The quantitative estimate of drug-likeness (QED) is 0.862. The van der Waals surface area contributed by atoms with Crippen molar-refractivity contribution in [2.45, 2.75) is 18.9 Å². The summed E-state index contributed by atoms with van der Waals surface area (Å²) in [5.41, 5.74) is 3.85. The highest BCUT2D eigenvalue weighted by Gasteiger charge is 2.27. The second kappa shape index (κ2) is 9.72. The van der Waals surface area contributed by atoms with Crippen molar-refractivity contribution in [1.82, 2.24) is 15.1 Å². The van der Waals surface area contributed by atoms with E-state index in [0.717, 1.165) is 52.2 Å². The van der Waals surface area contributed by atoms with Crippen molar-refractivity contribution in [2.24, 2.45) is 0 Å². The third-order valence-corrected chi connectivity index (χ3v) is 5.73. The van der Waals surface area contributed by atoms with E-state index < -0.39 is 0 Å². The normalized spacial score (nSPS) is 18.0. The Kier molecular flexibility index (Phi) is 6.60. The van der Waals surface area contributed by atoms with Gasteiger partial charge in [-0.1, -0.05) is 60.7 Å². The Hall–Kier alpha value is -2.63. The standard InChI is InChI=1S/C24H29N3O2/c28-24(25-19-20-11-17-29-18-12-20)27-15-13-26(14-16-27)23(21-7-3-1-4-8-21)22-9-5-2-6-10-22/h1-10,19,23H,11-18H2,(H,25,28). The summed E-state index contributed by atoms with van der Waals surface area (Å²) < 4.78 is 5.36. The number of amides is 2. The van der Waals surface area contributed by atoms with Gasteiger partial charge in [0.25, 0.3) is 0 Å². The number of urea groups is 1. The lowest BCUT2D eigenvalue weighted by Crippen LogP contribution is -2.52. The Bertz CT molecular complexity index is 767. The van der Waals surface area contributed by atoms with Crippen molar-refractivity contribution in [3.63, 3.8) is 0 Å². The molecule has 0 bridgehead atoms. The number of ether oxygens (including phenoxy) is 1. The van der Waals surface area contributed by atoms with E-state index in [0.29, 0.717) is 0 Å². The first kappa shape index (κ1) is 19.7. The molecule has 1 N–H and O–H groups in total. The van der Waals surface area contributed by atoms with Crippen LogP contribution in [0.25, 0.3) is 0 Å². The fraction of sp³-hybridized carbons (Fsp3) is 0.375. The number of carbonyl (C=O) groups is 1. The van der Waals surface area contributed by atoms with Crippen LogP contribution in [0.3, 0.4) is 0 Å². The maximum atomic E-state index is 12.6. The Morgan fingerprint density at radius 1 is 0.862 bits per heavy atom. The molecule has 2 saturated heterocycles. The van der Waals surface area contributed by atoms with Gasteiger partial charge in [0.2, 0.25) is 0 Å². The van der Waals surface area contributed by atoms with Crippen LogP contribution in [-0.2, 0) is 4.74 Å². The zero-order chi connectivity index (χ0) is 19.9. The number of rotatable bonds is 4. The summed E-state index contributed by atoms with van der Waals surface area (Å²) >= 11 is 0. The van der Waals surface area contributed by atoms with Crippen molar-refractivity contribution in [3.05, 3.63) is 83.6 Å². The minimum Gasteiger partial charge on any atom is -0.381 e. The van der Waals surface area contributed by atoms with E-state index >= 15 is 0 Å². The largest absolute Gasteiger partial charge is 0.381 e. The average Bonchev–Trinajstić information content (AvgIpc) is 2.80. The summed E-state index contributed by atoms with van der Waals surface area (Å²) in [5, 5.41) is 2.98. The van der Waals surface area contributed by atoms with E-state index in [-0.39, 0.29) is 12.1 Å². The van der Waals surface area contributed by atoms with Crippen molar-refractivity contribution in [1.29, 1.82) is 0 Å². The molecule has 2 fully saturated rings. The highest BCUT2D eigenvalue weighted by molar-refractivity contribution is 5.75. The van der Waals surface area contributed by atoms with Crippen LogP contribution in [-0.4, -0.2) is 55.2 Å². The number of carbonyl (C=O) groups excluding carboxylic acids is 1. The molecule has 2 aromatic rings. The van der Waals surface area contributed by atoms with Crippen molar-refractivity contribution >= 4 is 6.03 Å². The summed E-state index contributed by atoms with van der Waals surface area (Å²) in [4.78, 5) is 17.0. The van der Waals surface area contributed by atoms with E-state index in [1.54, 1.807) is 0 Å². The van der Waals surface area contributed by atoms with Crippen molar-refractivity contribution < 1.29 is 9.53 Å². The maximum Gasteiger partial charge on any atom is 0.321 e. The van der Waals surface area contributed by atoms with E-state index in [2.05, 4.69) is 70.9 Å². The molecule has 2 heterocycles. The summed E-state index contributed by atoms with van der Waals surface area (Å²) in [6, 6.07) is 21.5. The highest BCUT2D eigenvalue weighted by Crippen LogP contribution is 2.29. The molecule has 4 rings (SSSR count). The molecule has 2 aromatic carbocycles. The lowest BCUT2D eigenvalue weighted by molar-refractivity contribution is 0.117. The van der Waals surface area contributed by atoms with E-state index in [4.69, 9.17) is 4.74 Å². The van der Waals surface area contributed by atoms with Crippen LogP contribution in [0.15, 0.2) is 72.4 Å².